The van der Waals surface area contributed by atoms with Gasteiger partial charge in [0, 0.05) is 12.6 Å². The number of hydrogen-bond acceptors (Lipinski definition) is 2. The first-order valence-electron chi connectivity index (χ1n) is 3.44. The van der Waals surface area contributed by atoms with Crippen molar-refractivity contribution in [3.8, 4) is 0 Å². The first-order valence-corrected chi connectivity index (χ1v) is 3.44. The molecule has 9 heavy (non-hydrogen) atoms. The molecule has 0 unspecified atom stereocenters. The summed E-state index contributed by atoms with van der Waals surface area (Å²) in [5, 5.41) is 0. The van der Waals surface area contributed by atoms with E-state index < -0.39 is 0 Å². The average molecular weight is 130 g/mol. The Kier molecular flexibility index (Phi) is 3.82. The third-order valence-corrected chi connectivity index (χ3v) is 1.43. The highest BCUT2D eigenvalue weighted by Gasteiger charge is 2.06. The second kappa shape index (κ2) is 3.85. The van der Waals surface area contributed by atoms with Gasteiger partial charge in [0.15, 0.2) is 0 Å². The Hall–Kier alpha value is -0.0800. The van der Waals surface area contributed by atoms with Crippen molar-refractivity contribution in [3.05, 3.63) is 0 Å². The van der Waals surface area contributed by atoms with E-state index in [0.29, 0.717) is 12.0 Å². The van der Waals surface area contributed by atoms with Crippen LogP contribution in [0.5, 0.6) is 0 Å². The highest BCUT2D eigenvalue weighted by Crippen LogP contribution is 1.97. The first kappa shape index (κ1) is 8.92. The van der Waals surface area contributed by atoms with Crippen LogP contribution in [0.25, 0.3) is 0 Å². The van der Waals surface area contributed by atoms with Crippen LogP contribution in [0.15, 0.2) is 0 Å². The first-order chi connectivity index (χ1) is 4.04. The van der Waals surface area contributed by atoms with E-state index in [1.165, 1.54) is 0 Å². The smallest absolute Gasteiger partial charge is 0.0190 e. The SMILES string of the molecule is CC(C)[C@H](N)CN(C)C. The summed E-state index contributed by atoms with van der Waals surface area (Å²) >= 11 is 0. The Bertz CT molecular complexity index is 69.3. The zero-order chi connectivity index (χ0) is 7.44. The van der Waals surface area contributed by atoms with Crippen LogP contribution in [0.3, 0.4) is 0 Å². The van der Waals surface area contributed by atoms with E-state index in [9.17, 15) is 0 Å². The fraction of sp³-hybridized carbons (Fsp3) is 1.00. The third kappa shape index (κ3) is 4.43. The summed E-state index contributed by atoms with van der Waals surface area (Å²) in [5.74, 6) is 0.590. The van der Waals surface area contributed by atoms with E-state index in [0.717, 1.165) is 6.54 Å². The van der Waals surface area contributed by atoms with E-state index in [-0.39, 0.29) is 0 Å². The maximum atomic E-state index is 5.78. The molecule has 2 N–H and O–H groups in total. The van der Waals surface area contributed by atoms with Gasteiger partial charge in [-0.25, -0.2) is 0 Å². The van der Waals surface area contributed by atoms with Crippen LogP contribution in [-0.2, 0) is 0 Å². The Morgan fingerprint density at radius 2 is 1.78 bits per heavy atom. The van der Waals surface area contributed by atoms with Gasteiger partial charge in [-0.15, -0.1) is 0 Å². The molecule has 1 atom stereocenters. The lowest BCUT2D eigenvalue weighted by molar-refractivity contribution is 0.330. The average Bonchev–Trinajstić information content (AvgIpc) is 1.63. The molecule has 2 nitrogen and oxygen atoms in total. The van der Waals surface area contributed by atoms with E-state index in [1.54, 1.807) is 0 Å². The summed E-state index contributed by atoms with van der Waals surface area (Å²) in [7, 11) is 4.09. The standard InChI is InChI=1S/C7H18N2/c1-6(2)7(8)5-9(3)4/h6-7H,5,8H2,1-4H3/t7-/m1/s1. The van der Waals surface area contributed by atoms with Gasteiger partial charge in [-0.1, -0.05) is 13.8 Å². The van der Waals surface area contributed by atoms with Gasteiger partial charge in [0.05, 0.1) is 0 Å². The van der Waals surface area contributed by atoms with Crippen LogP contribution >= 0.6 is 0 Å². The van der Waals surface area contributed by atoms with Crippen molar-refractivity contribution in [2.24, 2.45) is 11.7 Å². The number of nitrogens with zero attached hydrogens (tertiary/aromatic N) is 1. The minimum atomic E-state index is 0.319. The molecule has 0 saturated carbocycles. The van der Waals surface area contributed by atoms with Crippen molar-refractivity contribution in [3.63, 3.8) is 0 Å². The van der Waals surface area contributed by atoms with Crippen molar-refractivity contribution in [1.29, 1.82) is 0 Å². The van der Waals surface area contributed by atoms with E-state index in [1.807, 2.05) is 14.1 Å². The highest BCUT2D eigenvalue weighted by molar-refractivity contribution is 4.66. The second-order valence-electron chi connectivity index (χ2n) is 3.17. The normalized spacial score (nSPS) is 15.0. The van der Waals surface area contributed by atoms with Gasteiger partial charge in [-0.2, -0.15) is 0 Å². The molecule has 0 aromatic rings. The van der Waals surface area contributed by atoms with Crippen LogP contribution in [0.4, 0.5) is 0 Å². The van der Waals surface area contributed by atoms with Gasteiger partial charge in [0.1, 0.15) is 0 Å². The summed E-state index contributed by atoms with van der Waals surface area (Å²) in [4.78, 5) is 2.12. The molecule has 0 aromatic carbocycles. The van der Waals surface area contributed by atoms with E-state index in [4.69, 9.17) is 5.73 Å². The number of likely N-dealkylation sites (N-methyl/N-ethyl adjacent to an activating group) is 1. The molecule has 0 spiro atoms. The monoisotopic (exact) mass is 130 g/mol. The van der Waals surface area contributed by atoms with Gasteiger partial charge < -0.3 is 10.6 Å². The Morgan fingerprint density at radius 3 is 1.89 bits per heavy atom. The molecule has 0 bridgehead atoms. The molecule has 0 saturated heterocycles. The number of hydrogen-bond donors (Lipinski definition) is 1. The van der Waals surface area contributed by atoms with Gasteiger partial charge >= 0.3 is 0 Å². The molecule has 0 heterocycles. The Labute approximate surface area is 58.0 Å². The lowest BCUT2D eigenvalue weighted by Crippen LogP contribution is -2.37. The van der Waals surface area contributed by atoms with Crippen LogP contribution in [0.2, 0.25) is 0 Å². The molecule has 0 aromatic heterocycles. The number of rotatable bonds is 3. The van der Waals surface area contributed by atoms with Crippen LogP contribution in [-0.4, -0.2) is 31.6 Å². The van der Waals surface area contributed by atoms with Crippen molar-refractivity contribution >= 4 is 0 Å². The van der Waals surface area contributed by atoms with Crippen LogP contribution < -0.4 is 5.73 Å². The van der Waals surface area contributed by atoms with E-state index in [2.05, 4.69) is 18.7 Å². The van der Waals surface area contributed by atoms with Gasteiger partial charge in [0.2, 0.25) is 0 Å². The maximum Gasteiger partial charge on any atom is 0.0190 e. The van der Waals surface area contributed by atoms with Crippen LogP contribution in [0, 0.1) is 5.92 Å². The zero-order valence-corrected chi connectivity index (χ0v) is 6.89. The predicted octanol–water partition coefficient (Wildman–Crippen LogP) is 0.531. The van der Waals surface area contributed by atoms with E-state index >= 15 is 0 Å². The molecule has 56 valence electrons. The minimum absolute atomic E-state index is 0.319. The lowest BCUT2D eigenvalue weighted by atomic mass is 10.1. The summed E-state index contributed by atoms with van der Waals surface area (Å²) in [5.41, 5.74) is 5.78. The topological polar surface area (TPSA) is 29.3 Å². The third-order valence-electron chi connectivity index (χ3n) is 1.43. The summed E-state index contributed by atoms with van der Waals surface area (Å²) < 4.78 is 0. The zero-order valence-electron chi connectivity index (χ0n) is 6.89. The molecule has 2 heteroatoms. The summed E-state index contributed by atoms with van der Waals surface area (Å²) in [6, 6.07) is 0.319. The molecular weight excluding hydrogens is 112 g/mol. The van der Waals surface area contributed by atoms with Crippen LogP contribution in [0.1, 0.15) is 13.8 Å². The molecule has 0 rings (SSSR count). The Balaban J connectivity index is 3.38. The number of nitrogens with two attached hydrogens (primary N) is 1. The minimum Gasteiger partial charge on any atom is -0.326 e. The van der Waals surface area contributed by atoms with Crippen molar-refractivity contribution in [1.82, 2.24) is 4.90 Å². The Morgan fingerprint density at radius 1 is 1.33 bits per heavy atom. The quantitative estimate of drug-likeness (QED) is 0.604. The lowest BCUT2D eigenvalue weighted by Gasteiger charge is -2.19. The molecular formula is C7H18N2. The fourth-order valence-corrected chi connectivity index (χ4v) is 0.632. The molecule has 0 fully saturated rings. The second-order valence-corrected chi connectivity index (χ2v) is 3.17. The molecule has 0 radical (unpaired) electrons. The van der Waals surface area contributed by atoms with Gasteiger partial charge in [-0.3, -0.25) is 0 Å². The molecule has 0 amide bonds. The highest BCUT2D eigenvalue weighted by atomic mass is 15.1. The van der Waals surface area contributed by atoms with Gasteiger partial charge in [-0.05, 0) is 20.0 Å². The van der Waals surface area contributed by atoms with Gasteiger partial charge in [0.25, 0.3) is 0 Å². The van der Waals surface area contributed by atoms with Crippen molar-refractivity contribution in [2.75, 3.05) is 20.6 Å². The maximum absolute atomic E-state index is 5.78. The van der Waals surface area contributed by atoms with Crippen molar-refractivity contribution < 1.29 is 0 Å². The largest absolute Gasteiger partial charge is 0.326 e. The predicted molar refractivity (Wildman–Crippen MR) is 41.4 cm³/mol. The molecule has 0 aliphatic heterocycles. The van der Waals surface area contributed by atoms with Crippen molar-refractivity contribution in [2.45, 2.75) is 19.9 Å². The fourth-order valence-electron chi connectivity index (χ4n) is 0.632. The molecule has 0 aliphatic carbocycles. The summed E-state index contributed by atoms with van der Waals surface area (Å²) in [6.45, 7) is 5.28. The summed E-state index contributed by atoms with van der Waals surface area (Å²) in [6.07, 6.45) is 0. The molecule has 0 aliphatic rings.